The smallest absolute Gasteiger partial charge is 0.243 e. The molecule has 0 bridgehead atoms. The molecule has 3 rings (SSSR count). The summed E-state index contributed by atoms with van der Waals surface area (Å²) in [4.78, 5) is 14.9. The molecule has 0 spiro atoms. The van der Waals surface area contributed by atoms with Gasteiger partial charge in [0.1, 0.15) is 0 Å². The van der Waals surface area contributed by atoms with E-state index in [1.54, 1.807) is 17.0 Å². The lowest BCUT2D eigenvalue weighted by molar-refractivity contribution is -0.132. The van der Waals surface area contributed by atoms with Crippen molar-refractivity contribution in [2.24, 2.45) is 5.92 Å². The average Bonchev–Trinajstić information content (AvgIpc) is 2.74. The molecule has 1 amide bonds. The Morgan fingerprint density at radius 2 is 1.74 bits per heavy atom. The molecule has 31 heavy (non-hydrogen) atoms. The van der Waals surface area contributed by atoms with Crippen LogP contribution in [0.15, 0.2) is 53.4 Å². The average molecular weight is 444 g/mol. The molecule has 0 saturated carbocycles. The van der Waals surface area contributed by atoms with Crippen molar-refractivity contribution in [1.29, 1.82) is 0 Å². The number of amides is 1. The monoisotopic (exact) mass is 443 g/mol. The van der Waals surface area contributed by atoms with Crippen LogP contribution in [-0.2, 0) is 27.8 Å². The molecule has 1 aliphatic heterocycles. The van der Waals surface area contributed by atoms with Gasteiger partial charge in [-0.2, -0.15) is 4.31 Å². The number of nitrogens with one attached hydrogen (secondary N) is 1. The largest absolute Gasteiger partial charge is 0.339 e. The first-order chi connectivity index (χ1) is 14.8. The van der Waals surface area contributed by atoms with Gasteiger partial charge in [0.15, 0.2) is 0 Å². The van der Waals surface area contributed by atoms with Gasteiger partial charge in [-0.25, -0.2) is 8.42 Å². The minimum absolute atomic E-state index is 0.158. The number of nitrogens with zero attached hydrogens (tertiary/aromatic N) is 2. The van der Waals surface area contributed by atoms with Crippen LogP contribution >= 0.6 is 0 Å². The Balaban J connectivity index is 1.86. The molecule has 0 unspecified atom stereocenters. The van der Waals surface area contributed by atoms with Crippen LogP contribution in [0.2, 0.25) is 0 Å². The van der Waals surface area contributed by atoms with E-state index in [4.69, 9.17) is 0 Å². The third-order valence-corrected chi connectivity index (χ3v) is 7.23. The molecule has 1 aliphatic rings. The van der Waals surface area contributed by atoms with E-state index >= 15 is 0 Å². The Morgan fingerprint density at radius 3 is 2.35 bits per heavy atom. The molecule has 2 aromatic rings. The van der Waals surface area contributed by atoms with Gasteiger partial charge in [0.25, 0.3) is 0 Å². The molecule has 168 valence electrons. The van der Waals surface area contributed by atoms with E-state index < -0.39 is 10.0 Å². The first kappa shape index (κ1) is 23.4. The number of carbonyl (C=O) groups excluding carboxylic acids is 1. The van der Waals surface area contributed by atoms with Crippen molar-refractivity contribution in [3.63, 3.8) is 0 Å². The van der Waals surface area contributed by atoms with Gasteiger partial charge in [-0.05, 0) is 42.5 Å². The van der Waals surface area contributed by atoms with Crippen molar-refractivity contribution in [3.05, 3.63) is 65.2 Å². The second kappa shape index (κ2) is 10.4. The lowest BCUT2D eigenvalue weighted by Crippen LogP contribution is -2.50. The fraction of sp³-hybridized carbons (Fsp3) is 0.458. The third-order valence-electron chi connectivity index (χ3n) is 5.43. The Morgan fingerprint density at radius 1 is 1.06 bits per heavy atom. The number of aryl methyl sites for hydroxylation is 1. The van der Waals surface area contributed by atoms with Crippen LogP contribution in [0, 0.1) is 12.8 Å². The van der Waals surface area contributed by atoms with Crippen LogP contribution in [0.5, 0.6) is 0 Å². The number of sulfonamides is 1. The van der Waals surface area contributed by atoms with E-state index in [0.29, 0.717) is 19.0 Å². The van der Waals surface area contributed by atoms with Crippen LogP contribution in [0.3, 0.4) is 0 Å². The molecule has 6 nitrogen and oxygen atoms in total. The standard InChI is InChI=1S/C24H33N3O3S/c1-19(2)15-21-7-9-23(10-8-21)31(29,30)27(17-22-6-4-5-20(3)16-22)18-24(28)26-13-11-25-12-14-26/h4-10,16,19,25H,11-15,17-18H2,1-3H3. The zero-order valence-corrected chi connectivity index (χ0v) is 19.5. The highest BCUT2D eigenvalue weighted by molar-refractivity contribution is 7.89. The van der Waals surface area contributed by atoms with Gasteiger partial charge < -0.3 is 10.2 Å². The molecule has 0 aromatic heterocycles. The van der Waals surface area contributed by atoms with E-state index in [1.807, 2.05) is 43.3 Å². The minimum atomic E-state index is -3.82. The number of hydrogen-bond donors (Lipinski definition) is 1. The maximum Gasteiger partial charge on any atom is 0.243 e. The number of piperazine rings is 1. The number of carbonyl (C=O) groups is 1. The molecule has 1 fully saturated rings. The maximum absolute atomic E-state index is 13.5. The summed E-state index contributed by atoms with van der Waals surface area (Å²) in [5, 5.41) is 3.22. The van der Waals surface area contributed by atoms with E-state index in [0.717, 1.165) is 36.2 Å². The molecule has 1 saturated heterocycles. The zero-order chi connectivity index (χ0) is 22.4. The van der Waals surface area contributed by atoms with Gasteiger partial charge in [0.2, 0.25) is 15.9 Å². The van der Waals surface area contributed by atoms with Gasteiger partial charge >= 0.3 is 0 Å². The molecule has 1 N–H and O–H groups in total. The molecular weight excluding hydrogens is 410 g/mol. The number of benzene rings is 2. The molecule has 2 aromatic carbocycles. The lowest BCUT2D eigenvalue weighted by atomic mass is 10.0. The summed E-state index contributed by atoms with van der Waals surface area (Å²) < 4.78 is 28.3. The van der Waals surface area contributed by atoms with Crippen LogP contribution in [0.4, 0.5) is 0 Å². The highest BCUT2D eigenvalue weighted by Gasteiger charge is 2.29. The van der Waals surface area contributed by atoms with Crippen molar-refractivity contribution in [2.75, 3.05) is 32.7 Å². The van der Waals surface area contributed by atoms with Crippen molar-refractivity contribution in [2.45, 2.75) is 38.6 Å². The molecule has 0 aliphatic carbocycles. The second-order valence-electron chi connectivity index (χ2n) is 8.63. The van der Waals surface area contributed by atoms with Crippen molar-refractivity contribution >= 4 is 15.9 Å². The van der Waals surface area contributed by atoms with Crippen LogP contribution < -0.4 is 5.32 Å². The fourth-order valence-electron chi connectivity index (χ4n) is 3.82. The van der Waals surface area contributed by atoms with E-state index in [9.17, 15) is 13.2 Å². The highest BCUT2D eigenvalue weighted by atomic mass is 32.2. The predicted octanol–water partition coefficient (Wildman–Crippen LogP) is 2.82. The summed E-state index contributed by atoms with van der Waals surface area (Å²) in [5.41, 5.74) is 3.03. The lowest BCUT2D eigenvalue weighted by Gasteiger charge is -2.30. The van der Waals surface area contributed by atoms with Crippen LogP contribution in [0.1, 0.15) is 30.5 Å². The quantitative estimate of drug-likeness (QED) is 0.681. The van der Waals surface area contributed by atoms with Crippen LogP contribution in [0.25, 0.3) is 0 Å². The summed E-state index contributed by atoms with van der Waals surface area (Å²) in [6, 6.07) is 14.8. The van der Waals surface area contributed by atoms with Gasteiger partial charge in [-0.15, -0.1) is 0 Å². The summed E-state index contributed by atoms with van der Waals surface area (Å²) in [5.74, 6) is 0.339. The Bertz CT molecular complexity index is 981. The fourth-order valence-corrected chi connectivity index (χ4v) is 5.20. The molecular formula is C24H33N3O3S. The Kier molecular flexibility index (Phi) is 7.86. The Hall–Kier alpha value is -2.22. The van der Waals surface area contributed by atoms with Gasteiger partial charge in [-0.1, -0.05) is 55.8 Å². The highest BCUT2D eigenvalue weighted by Crippen LogP contribution is 2.21. The third kappa shape index (κ3) is 6.38. The minimum Gasteiger partial charge on any atom is -0.339 e. The summed E-state index contributed by atoms with van der Waals surface area (Å²) in [6.07, 6.45) is 0.898. The summed E-state index contributed by atoms with van der Waals surface area (Å²) in [6.45, 7) is 8.90. The molecule has 0 radical (unpaired) electrons. The SMILES string of the molecule is Cc1cccc(CN(CC(=O)N2CCNCC2)S(=O)(=O)c2ccc(CC(C)C)cc2)c1. The van der Waals surface area contributed by atoms with E-state index in [2.05, 4.69) is 19.2 Å². The topological polar surface area (TPSA) is 69.7 Å². The van der Waals surface area contributed by atoms with Gasteiger partial charge in [0, 0.05) is 32.7 Å². The zero-order valence-electron chi connectivity index (χ0n) is 18.7. The second-order valence-corrected chi connectivity index (χ2v) is 10.6. The number of hydrogen-bond acceptors (Lipinski definition) is 4. The van der Waals surface area contributed by atoms with E-state index in [1.165, 1.54) is 4.31 Å². The molecule has 7 heteroatoms. The van der Waals surface area contributed by atoms with Gasteiger partial charge in [0.05, 0.1) is 11.4 Å². The molecule has 0 atom stereocenters. The van der Waals surface area contributed by atoms with E-state index in [-0.39, 0.29) is 23.9 Å². The normalized spacial score (nSPS) is 14.9. The predicted molar refractivity (Wildman–Crippen MR) is 123 cm³/mol. The van der Waals surface area contributed by atoms with Crippen LogP contribution in [-0.4, -0.2) is 56.3 Å². The first-order valence-corrected chi connectivity index (χ1v) is 12.3. The first-order valence-electron chi connectivity index (χ1n) is 10.9. The van der Waals surface area contributed by atoms with Crippen molar-refractivity contribution in [3.8, 4) is 0 Å². The summed E-state index contributed by atoms with van der Waals surface area (Å²) >= 11 is 0. The number of rotatable bonds is 8. The summed E-state index contributed by atoms with van der Waals surface area (Å²) in [7, 11) is -3.82. The van der Waals surface area contributed by atoms with Crippen molar-refractivity contribution < 1.29 is 13.2 Å². The Labute approximate surface area is 186 Å². The van der Waals surface area contributed by atoms with Crippen molar-refractivity contribution in [1.82, 2.24) is 14.5 Å². The maximum atomic E-state index is 13.5. The van der Waals surface area contributed by atoms with Gasteiger partial charge in [-0.3, -0.25) is 4.79 Å². The molecule has 1 heterocycles.